The highest BCUT2D eigenvalue weighted by molar-refractivity contribution is 5.63. The Hall–Kier alpha value is -2.88. The van der Waals surface area contributed by atoms with E-state index in [0.29, 0.717) is 0 Å². The van der Waals surface area contributed by atoms with Crippen molar-refractivity contribution in [3.63, 3.8) is 0 Å². The summed E-state index contributed by atoms with van der Waals surface area (Å²) in [7, 11) is 0. The first kappa shape index (κ1) is 14.1. The highest BCUT2D eigenvalue weighted by Gasteiger charge is 2.10. The molecule has 110 valence electrons. The lowest BCUT2D eigenvalue weighted by Gasteiger charge is -1.98. The van der Waals surface area contributed by atoms with E-state index in [1.165, 1.54) is 17.2 Å². The molecule has 2 N–H and O–H groups in total. The van der Waals surface area contributed by atoms with Gasteiger partial charge in [-0.05, 0) is 53.3 Å². The molecule has 0 heterocycles. The second kappa shape index (κ2) is 5.85. The Morgan fingerprint density at radius 3 is 2.14 bits per heavy atom. The minimum atomic E-state index is -0.362. The summed E-state index contributed by atoms with van der Waals surface area (Å²) in [4.78, 5) is 10.0. The summed E-state index contributed by atoms with van der Waals surface area (Å²) >= 11 is 0. The van der Waals surface area contributed by atoms with Crippen LogP contribution in [0.1, 0.15) is 22.3 Å². The van der Waals surface area contributed by atoms with E-state index in [4.69, 9.17) is 5.73 Å². The first-order valence-corrected chi connectivity index (χ1v) is 7.12. The molecule has 2 aliphatic carbocycles. The Morgan fingerprint density at radius 2 is 1.50 bits per heavy atom. The number of benzene rings is 2. The van der Waals surface area contributed by atoms with Gasteiger partial charge >= 0.3 is 0 Å². The zero-order chi connectivity index (χ0) is 15.5. The van der Waals surface area contributed by atoms with Crippen LogP contribution in [-0.2, 0) is 12.8 Å². The Kier molecular flexibility index (Phi) is 3.74. The average Bonchev–Trinajstić information content (AvgIpc) is 3.14. The third-order valence-electron chi connectivity index (χ3n) is 3.77. The van der Waals surface area contributed by atoms with E-state index >= 15 is 0 Å². The van der Waals surface area contributed by atoms with Crippen molar-refractivity contribution in [3.05, 3.63) is 80.9 Å². The number of hydrogen-bond acceptors (Lipinski definition) is 3. The Labute approximate surface area is 128 Å². The lowest BCUT2D eigenvalue weighted by molar-refractivity contribution is -0.384. The van der Waals surface area contributed by atoms with Crippen LogP contribution >= 0.6 is 0 Å². The first-order chi connectivity index (χ1) is 10.6. The fourth-order valence-corrected chi connectivity index (χ4v) is 2.64. The molecule has 4 heteroatoms. The van der Waals surface area contributed by atoms with Gasteiger partial charge in [0.1, 0.15) is 0 Å². The molecule has 0 unspecified atom stereocenters. The summed E-state index contributed by atoms with van der Waals surface area (Å²) in [5.74, 6) is 0. The smallest absolute Gasteiger partial charge is 0.269 e. The Morgan fingerprint density at radius 1 is 0.909 bits per heavy atom. The highest BCUT2D eigenvalue weighted by Crippen LogP contribution is 2.24. The maximum atomic E-state index is 10.4. The van der Waals surface area contributed by atoms with Crippen LogP contribution in [0, 0.1) is 10.1 Å². The van der Waals surface area contributed by atoms with E-state index in [1.807, 2.05) is 24.3 Å². The summed E-state index contributed by atoms with van der Waals surface area (Å²) in [6, 6.07) is 11.0. The largest absolute Gasteiger partial charge is 0.399 e. The molecule has 0 saturated carbocycles. The van der Waals surface area contributed by atoms with Gasteiger partial charge in [0.15, 0.2) is 0 Å². The number of nitrogens with zero attached hydrogens (tertiary/aromatic N) is 1. The SMILES string of the molecule is Nc1ccc2c(c1)CC=C2.O=[N+]([O-])c1ccc2c(c1)CC=C2. The van der Waals surface area contributed by atoms with Crippen LogP contribution in [0.15, 0.2) is 48.6 Å². The van der Waals surface area contributed by atoms with Gasteiger partial charge in [-0.25, -0.2) is 0 Å². The molecule has 0 spiro atoms. The molecule has 0 bridgehead atoms. The molecule has 0 aliphatic heterocycles. The first-order valence-electron chi connectivity index (χ1n) is 7.12. The highest BCUT2D eigenvalue weighted by atomic mass is 16.6. The molecular formula is C18H16N2O2. The second-order valence-corrected chi connectivity index (χ2v) is 5.31. The molecule has 4 rings (SSSR count). The Bertz CT molecular complexity index is 792. The van der Waals surface area contributed by atoms with Crippen molar-refractivity contribution < 1.29 is 4.92 Å². The number of nitrogen functional groups attached to an aromatic ring is 1. The van der Waals surface area contributed by atoms with E-state index in [9.17, 15) is 10.1 Å². The molecule has 0 atom stereocenters. The van der Waals surface area contributed by atoms with Crippen LogP contribution in [-0.4, -0.2) is 4.92 Å². The van der Waals surface area contributed by atoms with Crippen LogP contribution in [0.4, 0.5) is 11.4 Å². The fourth-order valence-electron chi connectivity index (χ4n) is 2.64. The number of rotatable bonds is 1. The number of anilines is 1. The number of fused-ring (bicyclic) bond motifs is 2. The molecule has 0 saturated heterocycles. The molecule has 0 aromatic heterocycles. The second-order valence-electron chi connectivity index (χ2n) is 5.31. The minimum absolute atomic E-state index is 0.178. The molecular weight excluding hydrogens is 276 g/mol. The van der Waals surface area contributed by atoms with Gasteiger partial charge < -0.3 is 5.73 Å². The molecule has 0 fully saturated rings. The lowest BCUT2D eigenvalue weighted by atomic mass is 10.1. The van der Waals surface area contributed by atoms with Crippen molar-refractivity contribution in [2.45, 2.75) is 12.8 Å². The predicted molar refractivity (Wildman–Crippen MR) is 89.4 cm³/mol. The number of nitro groups is 1. The van der Waals surface area contributed by atoms with Crippen molar-refractivity contribution in [2.75, 3.05) is 5.73 Å². The van der Waals surface area contributed by atoms with Crippen molar-refractivity contribution in [3.8, 4) is 0 Å². The van der Waals surface area contributed by atoms with Gasteiger partial charge in [0.25, 0.3) is 5.69 Å². The topological polar surface area (TPSA) is 69.2 Å². The van der Waals surface area contributed by atoms with E-state index in [0.717, 1.165) is 29.7 Å². The molecule has 0 radical (unpaired) electrons. The minimum Gasteiger partial charge on any atom is -0.399 e. The number of nitro benzene ring substituents is 1. The summed E-state index contributed by atoms with van der Waals surface area (Å²) in [6.07, 6.45) is 10.1. The van der Waals surface area contributed by atoms with Gasteiger partial charge in [-0.2, -0.15) is 0 Å². The number of hydrogen-bond donors (Lipinski definition) is 1. The van der Waals surface area contributed by atoms with E-state index in [2.05, 4.69) is 18.2 Å². The van der Waals surface area contributed by atoms with Gasteiger partial charge in [0, 0.05) is 17.8 Å². The molecule has 2 aromatic carbocycles. The number of non-ortho nitro benzene ring substituents is 1. The molecule has 0 amide bonds. The standard InChI is InChI=1S/C9H7NO2.C9H9N/c11-10(12)9-5-4-7-2-1-3-8(7)6-9;10-9-5-4-7-2-1-3-8(7)6-9/h1-2,4-6H,3H2;1-2,4-6H,3,10H2. The maximum absolute atomic E-state index is 10.4. The molecule has 4 nitrogen and oxygen atoms in total. The van der Waals surface area contributed by atoms with Gasteiger partial charge in [0.2, 0.25) is 0 Å². The third kappa shape index (κ3) is 2.91. The van der Waals surface area contributed by atoms with Crippen molar-refractivity contribution in [1.82, 2.24) is 0 Å². The predicted octanol–water partition coefficient (Wildman–Crippen LogP) is 4.00. The van der Waals surface area contributed by atoms with Gasteiger partial charge in [-0.3, -0.25) is 10.1 Å². The van der Waals surface area contributed by atoms with Gasteiger partial charge in [-0.1, -0.05) is 30.4 Å². The molecule has 2 aromatic rings. The lowest BCUT2D eigenvalue weighted by Crippen LogP contribution is -1.89. The van der Waals surface area contributed by atoms with Crippen LogP contribution < -0.4 is 5.73 Å². The number of nitrogens with two attached hydrogens (primary N) is 1. The summed E-state index contributed by atoms with van der Waals surface area (Å²) in [5.41, 5.74) is 11.4. The third-order valence-corrected chi connectivity index (χ3v) is 3.77. The van der Waals surface area contributed by atoms with Crippen molar-refractivity contribution >= 4 is 23.5 Å². The van der Waals surface area contributed by atoms with Crippen LogP contribution in [0.5, 0.6) is 0 Å². The van der Waals surface area contributed by atoms with E-state index in [1.54, 1.807) is 12.1 Å². The number of allylic oxidation sites excluding steroid dienone is 2. The quantitative estimate of drug-likeness (QED) is 0.490. The zero-order valence-electron chi connectivity index (χ0n) is 12.0. The van der Waals surface area contributed by atoms with Gasteiger partial charge in [-0.15, -0.1) is 0 Å². The summed E-state index contributed by atoms with van der Waals surface area (Å²) < 4.78 is 0. The zero-order valence-corrected chi connectivity index (χ0v) is 12.0. The summed E-state index contributed by atoms with van der Waals surface area (Å²) in [5, 5.41) is 10.4. The normalized spacial score (nSPS) is 13.3. The molecule has 22 heavy (non-hydrogen) atoms. The van der Waals surface area contributed by atoms with Crippen LogP contribution in [0.25, 0.3) is 12.2 Å². The average molecular weight is 292 g/mol. The maximum Gasteiger partial charge on any atom is 0.269 e. The van der Waals surface area contributed by atoms with E-state index < -0.39 is 0 Å². The van der Waals surface area contributed by atoms with Gasteiger partial charge in [0.05, 0.1) is 4.92 Å². The van der Waals surface area contributed by atoms with Crippen LogP contribution in [0.2, 0.25) is 0 Å². The van der Waals surface area contributed by atoms with E-state index in [-0.39, 0.29) is 10.6 Å². The monoisotopic (exact) mass is 292 g/mol. The van der Waals surface area contributed by atoms with Crippen LogP contribution in [0.3, 0.4) is 0 Å². The Balaban J connectivity index is 0.000000133. The molecule has 2 aliphatic rings. The summed E-state index contributed by atoms with van der Waals surface area (Å²) in [6.45, 7) is 0. The fraction of sp³-hybridized carbons (Fsp3) is 0.111. The van der Waals surface area contributed by atoms with Crippen molar-refractivity contribution in [1.29, 1.82) is 0 Å². The van der Waals surface area contributed by atoms with Crippen molar-refractivity contribution in [2.24, 2.45) is 0 Å².